The van der Waals surface area contributed by atoms with Crippen LogP contribution < -0.4 is 34.3 Å². The van der Waals surface area contributed by atoms with Gasteiger partial charge in [-0.3, -0.25) is 4.79 Å². The SMILES string of the molecule is CCCCCCCCCCCCCCCC(=O)Oc1ccc(/N=N/c2ccc(S(=O)(=O)[O-])cc2)c2ccccc12.[Na+]. The van der Waals surface area contributed by atoms with E-state index in [1.807, 2.05) is 24.3 Å². The molecule has 3 aromatic carbocycles. The maximum atomic E-state index is 12.5. The van der Waals surface area contributed by atoms with Crippen molar-refractivity contribution >= 4 is 38.2 Å². The van der Waals surface area contributed by atoms with Crippen LogP contribution in [-0.4, -0.2) is 18.9 Å². The van der Waals surface area contributed by atoms with E-state index in [9.17, 15) is 17.8 Å². The van der Waals surface area contributed by atoms with Gasteiger partial charge in [-0.1, -0.05) is 108 Å². The molecule has 0 aliphatic carbocycles. The van der Waals surface area contributed by atoms with E-state index in [0.717, 1.165) is 30.0 Å². The molecule has 0 aliphatic rings. The molecule has 216 valence electrons. The van der Waals surface area contributed by atoms with E-state index in [1.165, 1.54) is 88.5 Å². The van der Waals surface area contributed by atoms with Crippen molar-refractivity contribution in [2.45, 2.75) is 102 Å². The van der Waals surface area contributed by atoms with Crippen molar-refractivity contribution in [3.05, 3.63) is 60.7 Å². The summed E-state index contributed by atoms with van der Waals surface area (Å²) in [6, 6.07) is 16.2. The second kappa shape index (κ2) is 19.2. The molecule has 0 unspecified atom stereocenters. The number of azo groups is 1. The molecular formula is C32H41N2NaO5S. The fraction of sp³-hybridized carbons (Fsp3) is 0.469. The number of rotatable bonds is 18. The van der Waals surface area contributed by atoms with Crippen LogP contribution >= 0.6 is 0 Å². The summed E-state index contributed by atoms with van der Waals surface area (Å²) in [5.74, 6) is 0.246. The predicted octanol–water partition coefficient (Wildman–Crippen LogP) is 6.55. The summed E-state index contributed by atoms with van der Waals surface area (Å²) in [5, 5.41) is 9.98. The number of esters is 1. The molecule has 0 heterocycles. The fourth-order valence-electron chi connectivity index (χ4n) is 4.68. The van der Waals surface area contributed by atoms with Crippen LogP contribution in [0.15, 0.2) is 75.8 Å². The third-order valence-corrected chi connectivity index (χ3v) is 7.82. The van der Waals surface area contributed by atoms with Crippen molar-refractivity contribution in [3.8, 4) is 5.75 Å². The van der Waals surface area contributed by atoms with Crippen molar-refractivity contribution < 1.29 is 52.1 Å². The molecular weight excluding hydrogens is 547 g/mol. The van der Waals surface area contributed by atoms with Crippen molar-refractivity contribution in [1.29, 1.82) is 0 Å². The Bertz CT molecular complexity index is 1340. The van der Waals surface area contributed by atoms with E-state index < -0.39 is 10.1 Å². The van der Waals surface area contributed by atoms with Gasteiger partial charge in [0, 0.05) is 17.2 Å². The molecule has 0 spiro atoms. The summed E-state index contributed by atoms with van der Waals surface area (Å²) >= 11 is 0. The minimum Gasteiger partial charge on any atom is -0.744 e. The minimum absolute atomic E-state index is 0. The summed E-state index contributed by atoms with van der Waals surface area (Å²) in [7, 11) is -4.51. The van der Waals surface area contributed by atoms with Gasteiger partial charge in [-0.25, -0.2) is 8.42 Å². The van der Waals surface area contributed by atoms with Gasteiger partial charge in [-0.05, 0) is 42.8 Å². The molecule has 7 nitrogen and oxygen atoms in total. The molecule has 0 bridgehead atoms. The van der Waals surface area contributed by atoms with Gasteiger partial charge in [-0.15, -0.1) is 5.11 Å². The molecule has 3 aromatic rings. The first kappa shape index (κ1) is 35.1. The molecule has 0 saturated carbocycles. The molecule has 0 N–H and O–H groups in total. The quantitative estimate of drug-likeness (QED) is 0.0418. The summed E-state index contributed by atoms with van der Waals surface area (Å²) in [4.78, 5) is 12.2. The van der Waals surface area contributed by atoms with Gasteiger partial charge in [0.1, 0.15) is 15.9 Å². The van der Waals surface area contributed by atoms with Crippen LogP contribution in [0.2, 0.25) is 0 Å². The Hall–Kier alpha value is -2.10. The average molecular weight is 589 g/mol. The molecule has 0 fully saturated rings. The zero-order valence-electron chi connectivity index (χ0n) is 24.5. The van der Waals surface area contributed by atoms with Gasteiger partial charge >= 0.3 is 35.5 Å². The van der Waals surface area contributed by atoms with Crippen LogP contribution in [0.1, 0.15) is 96.8 Å². The standard InChI is InChI=1S/C32H42N2O5S.Na/c1-2-3-4-5-6-7-8-9-10-11-12-13-14-19-32(35)39-31-25-24-30(28-17-15-16-18-29(28)31)34-33-26-20-22-27(23-21-26)40(36,37)38;/h15-18,20-25H,2-14,19H2,1H3,(H,36,37,38);/q;+1/p-1/b34-33+;. The Kier molecular flexibility index (Phi) is 16.4. The van der Waals surface area contributed by atoms with Crippen LogP contribution in [0.3, 0.4) is 0 Å². The molecule has 0 saturated heterocycles. The third kappa shape index (κ3) is 12.7. The van der Waals surface area contributed by atoms with Gasteiger partial charge in [-0.2, -0.15) is 5.11 Å². The van der Waals surface area contributed by atoms with E-state index in [-0.39, 0.29) is 40.4 Å². The third-order valence-electron chi connectivity index (χ3n) is 6.97. The summed E-state index contributed by atoms with van der Waals surface area (Å²) in [6.45, 7) is 2.25. The smallest absolute Gasteiger partial charge is 0.744 e. The van der Waals surface area contributed by atoms with Gasteiger partial charge in [0.2, 0.25) is 0 Å². The second-order valence-corrected chi connectivity index (χ2v) is 11.6. The Morgan fingerprint density at radius 2 is 1.24 bits per heavy atom. The number of hydrogen-bond donors (Lipinski definition) is 0. The van der Waals surface area contributed by atoms with E-state index >= 15 is 0 Å². The monoisotopic (exact) mass is 588 g/mol. The van der Waals surface area contributed by atoms with E-state index in [4.69, 9.17) is 4.74 Å². The average Bonchev–Trinajstić information content (AvgIpc) is 2.95. The van der Waals surface area contributed by atoms with Crippen molar-refractivity contribution in [2.75, 3.05) is 0 Å². The number of nitrogens with zero attached hydrogens (tertiary/aromatic N) is 2. The summed E-state index contributed by atoms with van der Waals surface area (Å²) in [6.07, 6.45) is 16.7. The Morgan fingerprint density at radius 1 is 0.707 bits per heavy atom. The molecule has 0 radical (unpaired) electrons. The van der Waals surface area contributed by atoms with E-state index in [0.29, 0.717) is 23.5 Å². The zero-order chi connectivity index (χ0) is 28.6. The largest absolute Gasteiger partial charge is 1.00 e. The summed E-state index contributed by atoms with van der Waals surface area (Å²) < 4.78 is 39.0. The number of benzene rings is 3. The molecule has 0 aromatic heterocycles. The predicted molar refractivity (Wildman–Crippen MR) is 158 cm³/mol. The zero-order valence-corrected chi connectivity index (χ0v) is 27.3. The van der Waals surface area contributed by atoms with Gasteiger partial charge < -0.3 is 9.29 Å². The van der Waals surface area contributed by atoms with Crippen molar-refractivity contribution in [3.63, 3.8) is 0 Å². The molecule has 0 atom stereocenters. The van der Waals surface area contributed by atoms with E-state index in [1.54, 1.807) is 12.1 Å². The first-order valence-electron chi connectivity index (χ1n) is 14.6. The number of fused-ring (bicyclic) bond motifs is 1. The van der Waals surface area contributed by atoms with Crippen LogP contribution in [0.4, 0.5) is 11.4 Å². The normalized spacial score (nSPS) is 11.6. The topological polar surface area (TPSA) is 108 Å². The first-order chi connectivity index (χ1) is 19.4. The Balaban J connectivity index is 0.00000588. The van der Waals surface area contributed by atoms with Crippen LogP contribution in [0, 0.1) is 0 Å². The molecule has 0 aliphatic heterocycles. The minimum atomic E-state index is -4.51. The summed E-state index contributed by atoms with van der Waals surface area (Å²) in [5.41, 5.74) is 0.984. The number of unbranched alkanes of at least 4 members (excludes halogenated alkanes) is 12. The van der Waals surface area contributed by atoms with Crippen molar-refractivity contribution in [2.24, 2.45) is 10.2 Å². The van der Waals surface area contributed by atoms with Gasteiger partial charge in [0.25, 0.3) is 0 Å². The maximum Gasteiger partial charge on any atom is 1.00 e. The van der Waals surface area contributed by atoms with Crippen LogP contribution in [-0.2, 0) is 14.9 Å². The molecule has 0 amide bonds. The Morgan fingerprint density at radius 3 is 1.80 bits per heavy atom. The molecule has 41 heavy (non-hydrogen) atoms. The Labute approximate surface area is 267 Å². The van der Waals surface area contributed by atoms with Gasteiger partial charge in [0.05, 0.1) is 16.3 Å². The number of carbonyl (C=O) groups excluding carboxylic acids is 1. The number of hydrogen-bond acceptors (Lipinski definition) is 7. The number of ether oxygens (including phenoxy) is 1. The maximum absolute atomic E-state index is 12.5. The first-order valence-corrected chi connectivity index (χ1v) is 16.0. The van der Waals surface area contributed by atoms with Crippen LogP contribution in [0.25, 0.3) is 10.8 Å². The molecule has 9 heteroatoms. The second-order valence-electron chi connectivity index (χ2n) is 10.2. The molecule has 3 rings (SSSR count). The van der Waals surface area contributed by atoms with E-state index in [2.05, 4.69) is 17.2 Å². The van der Waals surface area contributed by atoms with Crippen LogP contribution in [0.5, 0.6) is 5.75 Å². The van der Waals surface area contributed by atoms with Gasteiger partial charge in [0.15, 0.2) is 0 Å². The fourth-order valence-corrected chi connectivity index (χ4v) is 5.15. The number of carbonyl (C=O) groups is 1. The van der Waals surface area contributed by atoms with Crippen molar-refractivity contribution in [1.82, 2.24) is 0 Å².